The van der Waals surface area contributed by atoms with Crippen molar-refractivity contribution in [3.63, 3.8) is 0 Å². The van der Waals surface area contributed by atoms with Gasteiger partial charge < -0.3 is 19.0 Å². The van der Waals surface area contributed by atoms with Gasteiger partial charge >= 0.3 is 11.6 Å². The number of aryl methyl sites for hydroxylation is 1. The third-order valence-corrected chi connectivity index (χ3v) is 5.15. The van der Waals surface area contributed by atoms with E-state index in [1.807, 2.05) is 0 Å². The number of ether oxygens (including phenoxy) is 2. The number of fused-ring (bicyclic) bond motifs is 3. The van der Waals surface area contributed by atoms with Gasteiger partial charge in [0, 0.05) is 23.1 Å². The molecule has 4 rings (SSSR count). The van der Waals surface area contributed by atoms with Crippen molar-refractivity contribution in [2.75, 3.05) is 7.11 Å². The Bertz CT molecular complexity index is 1240. The van der Waals surface area contributed by atoms with Crippen molar-refractivity contribution in [1.82, 2.24) is 0 Å². The molecule has 1 atom stereocenters. The lowest BCUT2D eigenvalue weighted by molar-refractivity contribution is -0.135. The Labute approximate surface area is 165 Å². The lowest BCUT2D eigenvalue weighted by atomic mass is 9.82. The molecule has 0 radical (unpaired) electrons. The standard InChI is InChI=1S/C22H18O7/c1-10-8-15(24)28-21-17(10)20(26)18(11(2)23)22-19(21)13(9-16(25)29-22)12-6-4-5-7-14(12)27-3/h4-8,13,26H,9H2,1-3H3/t13-/m1/s1. The van der Waals surface area contributed by atoms with Gasteiger partial charge in [-0.3, -0.25) is 9.59 Å². The van der Waals surface area contributed by atoms with Gasteiger partial charge in [0.25, 0.3) is 0 Å². The van der Waals surface area contributed by atoms with Crippen LogP contribution in [0.5, 0.6) is 17.2 Å². The quantitative estimate of drug-likeness (QED) is 0.314. The minimum Gasteiger partial charge on any atom is -0.506 e. The van der Waals surface area contributed by atoms with E-state index in [9.17, 15) is 19.5 Å². The Morgan fingerprint density at radius 3 is 2.66 bits per heavy atom. The van der Waals surface area contributed by atoms with Gasteiger partial charge in [-0.1, -0.05) is 18.2 Å². The van der Waals surface area contributed by atoms with Gasteiger partial charge in [0.1, 0.15) is 22.6 Å². The Kier molecular flexibility index (Phi) is 4.38. The van der Waals surface area contributed by atoms with Crippen molar-refractivity contribution in [1.29, 1.82) is 0 Å². The van der Waals surface area contributed by atoms with E-state index in [0.717, 1.165) is 0 Å². The molecule has 1 aliphatic rings. The molecule has 3 aromatic rings. The number of carbonyl (C=O) groups excluding carboxylic acids is 2. The van der Waals surface area contributed by atoms with E-state index >= 15 is 0 Å². The smallest absolute Gasteiger partial charge is 0.336 e. The molecule has 0 aliphatic carbocycles. The van der Waals surface area contributed by atoms with E-state index in [1.165, 1.54) is 20.1 Å². The van der Waals surface area contributed by atoms with Gasteiger partial charge in [-0.05, 0) is 25.5 Å². The zero-order valence-electron chi connectivity index (χ0n) is 16.1. The summed E-state index contributed by atoms with van der Waals surface area (Å²) in [5.74, 6) is -1.54. The first-order valence-corrected chi connectivity index (χ1v) is 9.01. The highest BCUT2D eigenvalue weighted by atomic mass is 16.5. The predicted octanol–water partition coefficient (Wildman–Crippen LogP) is 3.46. The van der Waals surface area contributed by atoms with Crippen molar-refractivity contribution in [2.24, 2.45) is 0 Å². The third kappa shape index (κ3) is 2.86. The van der Waals surface area contributed by atoms with E-state index in [2.05, 4.69) is 0 Å². The van der Waals surface area contributed by atoms with Gasteiger partial charge in [-0.15, -0.1) is 0 Å². The molecule has 1 aliphatic heterocycles. The second kappa shape index (κ2) is 6.77. The number of rotatable bonds is 3. The van der Waals surface area contributed by atoms with Gasteiger partial charge in [-0.25, -0.2) is 4.79 Å². The molecule has 7 nitrogen and oxygen atoms in total. The van der Waals surface area contributed by atoms with Crippen LogP contribution in [-0.2, 0) is 4.79 Å². The average Bonchev–Trinajstić information content (AvgIpc) is 2.66. The summed E-state index contributed by atoms with van der Waals surface area (Å²) in [7, 11) is 1.51. The number of hydrogen-bond donors (Lipinski definition) is 1. The molecule has 1 aromatic heterocycles. The maximum atomic E-state index is 12.4. The summed E-state index contributed by atoms with van der Waals surface area (Å²) in [6.07, 6.45) is -0.0394. The molecule has 2 heterocycles. The van der Waals surface area contributed by atoms with Crippen LogP contribution >= 0.6 is 0 Å². The van der Waals surface area contributed by atoms with Crippen molar-refractivity contribution in [3.05, 3.63) is 63.0 Å². The highest BCUT2D eigenvalue weighted by Gasteiger charge is 2.38. The maximum Gasteiger partial charge on any atom is 0.336 e. The SMILES string of the molecule is COc1ccccc1[C@H]1CC(=O)Oc2c(C(C)=O)c(O)c3c(C)cc(=O)oc3c21. The van der Waals surface area contributed by atoms with Gasteiger partial charge in [-0.2, -0.15) is 0 Å². The number of hydrogen-bond acceptors (Lipinski definition) is 7. The van der Waals surface area contributed by atoms with Crippen molar-refractivity contribution < 1.29 is 28.6 Å². The summed E-state index contributed by atoms with van der Waals surface area (Å²) in [6.45, 7) is 2.92. The van der Waals surface area contributed by atoms with Crippen LogP contribution in [0.25, 0.3) is 11.0 Å². The van der Waals surface area contributed by atoms with Crippen LogP contribution in [0, 0.1) is 6.92 Å². The zero-order chi connectivity index (χ0) is 20.9. The molecule has 0 unspecified atom stereocenters. The summed E-state index contributed by atoms with van der Waals surface area (Å²) in [5.41, 5.74) is 0.873. The fourth-order valence-electron chi connectivity index (χ4n) is 3.96. The first-order chi connectivity index (χ1) is 13.8. The van der Waals surface area contributed by atoms with Crippen molar-refractivity contribution in [3.8, 4) is 17.2 Å². The molecule has 7 heteroatoms. The molecular weight excluding hydrogens is 376 g/mol. The highest BCUT2D eigenvalue weighted by Crippen LogP contribution is 2.50. The van der Waals surface area contributed by atoms with Gasteiger partial charge in [0.2, 0.25) is 0 Å². The highest BCUT2D eigenvalue weighted by molar-refractivity contribution is 6.09. The summed E-state index contributed by atoms with van der Waals surface area (Å²) in [5, 5.41) is 11.0. The number of aromatic hydroxyl groups is 1. The predicted molar refractivity (Wildman–Crippen MR) is 104 cm³/mol. The molecule has 0 saturated heterocycles. The van der Waals surface area contributed by atoms with Crippen LogP contribution in [0.4, 0.5) is 0 Å². The number of para-hydroxylation sites is 1. The molecule has 2 aromatic carbocycles. The summed E-state index contributed by atoms with van der Waals surface area (Å²) in [6, 6.07) is 8.39. The number of carbonyl (C=O) groups is 2. The molecular formula is C22H18O7. The fraction of sp³-hybridized carbons (Fsp3) is 0.227. The number of phenolic OH excluding ortho intramolecular Hbond substituents is 1. The Hall–Kier alpha value is -3.61. The topological polar surface area (TPSA) is 103 Å². The van der Waals surface area contributed by atoms with Crippen LogP contribution in [0.1, 0.15) is 46.3 Å². The largest absolute Gasteiger partial charge is 0.506 e. The van der Waals surface area contributed by atoms with Crippen LogP contribution in [0.2, 0.25) is 0 Å². The molecule has 0 bridgehead atoms. The monoisotopic (exact) mass is 394 g/mol. The Morgan fingerprint density at radius 1 is 1.24 bits per heavy atom. The minimum atomic E-state index is -0.608. The lowest BCUT2D eigenvalue weighted by Crippen LogP contribution is -2.24. The van der Waals surface area contributed by atoms with Crippen LogP contribution < -0.4 is 15.1 Å². The number of ketones is 1. The second-order valence-corrected chi connectivity index (χ2v) is 6.95. The average molecular weight is 394 g/mol. The molecule has 0 spiro atoms. The molecule has 0 fully saturated rings. The molecule has 1 N–H and O–H groups in total. The van der Waals surface area contributed by atoms with Crippen LogP contribution in [-0.4, -0.2) is 24.0 Å². The van der Waals surface area contributed by atoms with E-state index < -0.39 is 23.3 Å². The molecule has 0 saturated carbocycles. The molecule has 0 amide bonds. The van der Waals surface area contributed by atoms with Crippen LogP contribution in [0.3, 0.4) is 0 Å². The summed E-state index contributed by atoms with van der Waals surface area (Å²) < 4.78 is 16.3. The summed E-state index contributed by atoms with van der Waals surface area (Å²) in [4.78, 5) is 36.9. The molecule has 148 valence electrons. The van der Waals surface area contributed by atoms with E-state index in [1.54, 1.807) is 31.2 Å². The fourth-order valence-corrected chi connectivity index (χ4v) is 3.96. The Balaban J connectivity index is 2.20. The third-order valence-electron chi connectivity index (χ3n) is 5.15. The Morgan fingerprint density at radius 2 is 1.97 bits per heavy atom. The number of Topliss-reactive ketones (excluding diaryl/α,β-unsaturated/α-hetero) is 1. The minimum absolute atomic E-state index is 0.0394. The first-order valence-electron chi connectivity index (χ1n) is 9.01. The van der Waals surface area contributed by atoms with Crippen molar-refractivity contribution in [2.45, 2.75) is 26.2 Å². The summed E-state index contributed by atoms with van der Waals surface area (Å²) >= 11 is 0. The lowest BCUT2D eigenvalue weighted by Gasteiger charge is -2.28. The van der Waals surface area contributed by atoms with E-state index in [-0.39, 0.29) is 34.5 Å². The zero-order valence-corrected chi connectivity index (χ0v) is 16.1. The number of esters is 1. The number of phenols is 1. The first kappa shape index (κ1) is 18.7. The second-order valence-electron chi connectivity index (χ2n) is 6.95. The van der Waals surface area contributed by atoms with E-state index in [0.29, 0.717) is 22.4 Å². The number of methoxy groups -OCH3 is 1. The van der Waals surface area contributed by atoms with E-state index in [4.69, 9.17) is 13.9 Å². The normalized spacial score (nSPS) is 15.7. The molecule has 29 heavy (non-hydrogen) atoms. The van der Waals surface area contributed by atoms with Crippen molar-refractivity contribution >= 4 is 22.7 Å². The number of benzene rings is 2. The van der Waals surface area contributed by atoms with Crippen LogP contribution in [0.15, 0.2) is 39.5 Å². The van der Waals surface area contributed by atoms with Gasteiger partial charge in [0.05, 0.1) is 18.9 Å². The van der Waals surface area contributed by atoms with Gasteiger partial charge in [0.15, 0.2) is 11.5 Å². The maximum absolute atomic E-state index is 12.4.